The van der Waals surface area contributed by atoms with Gasteiger partial charge >= 0.3 is 6.09 Å². The first-order valence-electron chi connectivity index (χ1n) is 10.4. The Morgan fingerprint density at radius 3 is 2.09 bits per heavy atom. The monoisotopic (exact) mass is 464 g/mol. The Labute approximate surface area is 188 Å². The van der Waals surface area contributed by atoms with Crippen molar-refractivity contribution in [3.05, 3.63) is 54.3 Å². The molecule has 1 fully saturated rings. The lowest BCUT2D eigenvalue weighted by molar-refractivity contribution is 0.0208. The van der Waals surface area contributed by atoms with Crippen molar-refractivity contribution in [2.45, 2.75) is 50.2 Å². The molecule has 0 radical (unpaired) electrons. The van der Waals surface area contributed by atoms with Gasteiger partial charge in [-0.15, -0.1) is 0 Å². The van der Waals surface area contributed by atoms with Gasteiger partial charge in [0, 0.05) is 19.1 Å². The summed E-state index contributed by atoms with van der Waals surface area (Å²) in [5.41, 5.74) is -0.232. The first kappa shape index (κ1) is 23.8. The van der Waals surface area contributed by atoms with Gasteiger partial charge in [-0.1, -0.05) is 0 Å². The minimum absolute atomic E-state index is 0.109. The van der Waals surface area contributed by atoms with E-state index in [1.54, 1.807) is 37.8 Å². The molecule has 1 aliphatic heterocycles. The number of sulfonamides is 1. The fourth-order valence-electron chi connectivity index (χ4n) is 3.60. The molecule has 1 aliphatic rings. The molecule has 32 heavy (non-hydrogen) atoms. The zero-order valence-electron chi connectivity index (χ0n) is 18.7. The Kier molecular flexibility index (Phi) is 6.97. The van der Waals surface area contributed by atoms with Crippen LogP contribution in [0.15, 0.2) is 53.4 Å². The topological polar surface area (TPSA) is 76.2 Å². The molecule has 0 N–H and O–H groups in total. The summed E-state index contributed by atoms with van der Waals surface area (Å²) in [6.45, 7) is 6.12. The number of piperidine rings is 1. The van der Waals surface area contributed by atoms with Gasteiger partial charge in [0.2, 0.25) is 0 Å². The van der Waals surface area contributed by atoms with Crippen LogP contribution in [0, 0.1) is 5.82 Å². The summed E-state index contributed by atoms with van der Waals surface area (Å²) in [7, 11) is -2.43. The van der Waals surface area contributed by atoms with E-state index in [1.165, 1.54) is 47.8 Å². The number of nitrogens with zero attached hydrogens (tertiary/aromatic N) is 2. The minimum atomic E-state index is -3.94. The quantitative estimate of drug-likeness (QED) is 0.654. The molecular formula is C23H29FN2O5S. The number of hydrogen-bond donors (Lipinski definition) is 0. The summed E-state index contributed by atoms with van der Waals surface area (Å²) >= 11 is 0. The van der Waals surface area contributed by atoms with Gasteiger partial charge in [-0.2, -0.15) is 0 Å². The highest BCUT2D eigenvalue weighted by Gasteiger charge is 2.36. The second kappa shape index (κ2) is 9.36. The first-order valence-corrected chi connectivity index (χ1v) is 11.9. The largest absolute Gasteiger partial charge is 0.497 e. The number of methoxy groups -OCH3 is 1. The number of carbonyl (C=O) groups excluding carboxylic acids is 1. The van der Waals surface area contributed by atoms with Crippen LogP contribution in [-0.4, -0.2) is 51.3 Å². The van der Waals surface area contributed by atoms with E-state index >= 15 is 0 Å². The number of benzene rings is 2. The normalized spacial score (nSPS) is 15.3. The third kappa shape index (κ3) is 5.51. The van der Waals surface area contributed by atoms with E-state index in [9.17, 15) is 17.6 Å². The molecule has 0 atom stereocenters. The number of hydrogen-bond acceptors (Lipinski definition) is 5. The molecular weight excluding hydrogens is 435 g/mol. The van der Waals surface area contributed by atoms with Gasteiger partial charge < -0.3 is 14.4 Å². The van der Waals surface area contributed by atoms with Crippen molar-refractivity contribution in [1.82, 2.24) is 4.90 Å². The summed E-state index contributed by atoms with van der Waals surface area (Å²) in [6.07, 6.45) is 0.431. The average molecular weight is 465 g/mol. The lowest BCUT2D eigenvalue weighted by atomic mass is 10.0. The summed E-state index contributed by atoms with van der Waals surface area (Å²) in [6, 6.07) is 11.1. The van der Waals surface area contributed by atoms with Gasteiger partial charge in [-0.05, 0) is 82.1 Å². The van der Waals surface area contributed by atoms with Crippen LogP contribution >= 0.6 is 0 Å². The van der Waals surface area contributed by atoms with Crippen LogP contribution in [0.4, 0.5) is 14.9 Å². The molecule has 0 saturated carbocycles. The first-order chi connectivity index (χ1) is 15.0. The van der Waals surface area contributed by atoms with Crippen molar-refractivity contribution in [2.75, 3.05) is 24.5 Å². The number of anilines is 1. The summed E-state index contributed by atoms with van der Waals surface area (Å²) in [5.74, 6) is 0.0956. The van der Waals surface area contributed by atoms with Crippen molar-refractivity contribution in [2.24, 2.45) is 0 Å². The Morgan fingerprint density at radius 2 is 1.59 bits per heavy atom. The fourth-order valence-corrected chi connectivity index (χ4v) is 5.31. The lowest BCUT2D eigenvalue weighted by Crippen LogP contribution is -2.49. The number of ether oxygens (including phenoxy) is 2. The number of carbonyl (C=O) groups is 1. The maximum atomic E-state index is 13.6. The Balaban J connectivity index is 1.88. The van der Waals surface area contributed by atoms with Crippen molar-refractivity contribution in [1.29, 1.82) is 0 Å². The second-order valence-electron chi connectivity index (χ2n) is 8.65. The van der Waals surface area contributed by atoms with Crippen LogP contribution < -0.4 is 9.04 Å². The minimum Gasteiger partial charge on any atom is -0.497 e. The summed E-state index contributed by atoms with van der Waals surface area (Å²) in [4.78, 5) is 14.1. The molecule has 0 aromatic heterocycles. The molecule has 0 spiro atoms. The van der Waals surface area contributed by atoms with Crippen molar-refractivity contribution < 1.29 is 27.1 Å². The zero-order valence-corrected chi connectivity index (χ0v) is 19.6. The van der Waals surface area contributed by atoms with E-state index in [-0.39, 0.29) is 4.90 Å². The maximum absolute atomic E-state index is 13.6. The number of rotatable bonds is 5. The molecule has 0 bridgehead atoms. The summed E-state index contributed by atoms with van der Waals surface area (Å²) < 4.78 is 52.6. The molecule has 2 aromatic carbocycles. The predicted octanol–water partition coefficient (Wildman–Crippen LogP) is 4.43. The number of amides is 1. The van der Waals surface area contributed by atoms with E-state index in [0.717, 1.165) is 0 Å². The standard InChI is InChI=1S/C23H29FN2O5S/c1-23(2,3)31-22(27)25-15-13-19(14-16-25)26(18-7-5-17(24)6-8-18)32(28,29)21-11-9-20(30-4)10-12-21/h5-12,19H,13-16H2,1-4H3. The van der Waals surface area contributed by atoms with E-state index in [0.29, 0.717) is 37.4 Å². The van der Waals surface area contributed by atoms with Crippen LogP contribution in [0.2, 0.25) is 0 Å². The van der Waals surface area contributed by atoms with Crippen LogP contribution in [0.1, 0.15) is 33.6 Å². The highest BCUT2D eigenvalue weighted by molar-refractivity contribution is 7.92. The second-order valence-corrected chi connectivity index (χ2v) is 10.5. The zero-order chi connectivity index (χ0) is 23.5. The molecule has 0 unspecified atom stereocenters. The Bertz CT molecular complexity index is 1030. The fraction of sp³-hybridized carbons (Fsp3) is 0.435. The highest BCUT2D eigenvalue weighted by Crippen LogP contribution is 2.31. The predicted molar refractivity (Wildman–Crippen MR) is 120 cm³/mol. The molecule has 174 valence electrons. The maximum Gasteiger partial charge on any atom is 0.410 e. The third-order valence-corrected chi connectivity index (χ3v) is 7.04. The average Bonchev–Trinajstić information content (AvgIpc) is 2.74. The SMILES string of the molecule is COc1ccc(S(=O)(=O)N(c2ccc(F)cc2)C2CCN(C(=O)OC(C)(C)C)CC2)cc1. The third-order valence-electron chi connectivity index (χ3n) is 5.15. The molecule has 7 nitrogen and oxygen atoms in total. The van der Waals surface area contributed by atoms with E-state index in [4.69, 9.17) is 9.47 Å². The molecule has 1 amide bonds. The lowest BCUT2D eigenvalue weighted by Gasteiger charge is -2.39. The Hall–Kier alpha value is -2.81. The molecule has 1 heterocycles. The van der Waals surface area contributed by atoms with Crippen molar-refractivity contribution >= 4 is 21.8 Å². The van der Waals surface area contributed by atoms with E-state index in [1.807, 2.05) is 0 Å². The number of halogens is 1. The molecule has 1 saturated heterocycles. The van der Waals surface area contributed by atoms with Gasteiger partial charge in [-0.25, -0.2) is 17.6 Å². The number of likely N-dealkylation sites (tertiary alicyclic amines) is 1. The van der Waals surface area contributed by atoms with E-state index < -0.39 is 33.6 Å². The van der Waals surface area contributed by atoms with Gasteiger partial charge in [0.15, 0.2) is 0 Å². The van der Waals surface area contributed by atoms with Gasteiger partial charge in [-0.3, -0.25) is 4.31 Å². The summed E-state index contributed by atoms with van der Waals surface area (Å²) in [5, 5.41) is 0. The highest BCUT2D eigenvalue weighted by atomic mass is 32.2. The molecule has 2 aromatic rings. The Morgan fingerprint density at radius 1 is 1.03 bits per heavy atom. The van der Waals surface area contributed by atoms with Crippen molar-refractivity contribution in [3.8, 4) is 5.75 Å². The van der Waals surface area contributed by atoms with Crippen LogP contribution in [0.5, 0.6) is 5.75 Å². The van der Waals surface area contributed by atoms with Crippen LogP contribution in [0.25, 0.3) is 0 Å². The van der Waals surface area contributed by atoms with Crippen LogP contribution in [-0.2, 0) is 14.8 Å². The van der Waals surface area contributed by atoms with Crippen molar-refractivity contribution in [3.63, 3.8) is 0 Å². The molecule has 9 heteroatoms. The van der Waals surface area contributed by atoms with Gasteiger partial charge in [0.05, 0.1) is 17.7 Å². The molecule has 0 aliphatic carbocycles. The van der Waals surface area contributed by atoms with E-state index in [2.05, 4.69) is 0 Å². The smallest absolute Gasteiger partial charge is 0.410 e. The van der Waals surface area contributed by atoms with Gasteiger partial charge in [0.25, 0.3) is 10.0 Å². The molecule has 3 rings (SSSR count). The van der Waals surface area contributed by atoms with Crippen LogP contribution in [0.3, 0.4) is 0 Å². The van der Waals surface area contributed by atoms with Gasteiger partial charge in [0.1, 0.15) is 17.2 Å².